The first-order valence-corrected chi connectivity index (χ1v) is 9.50. The topological polar surface area (TPSA) is 93.6 Å². The number of carbonyl (C=O) groups is 1. The summed E-state index contributed by atoms with van der Waals surface area (Å²) in [7, 11) is 0. The molecule has 1 aromatic heterocycles. The fourth-order valence-corrected chi connectivity index (χ4v) is 3.40. The number of unbranched alkanes of at least 4 members (excludes halogenated alkanes) is 1. The largest absolute Gasteiger partial charge is 0.449 e. The van der Waals surface area contributed by atoms with E-state index in [0.717, 1.165) is 47.5 Å². The monoisotopic (exact) mass is 372 g/mol. The van der Waals surface area contributed by atoms with Crippen LogP contribution in [0.3, 0.4) is 0 Å². The highest BCUT2D eigenvalue weighted by Gasteiger charge is 2.27. The van der Waals surface area contributed by atoms with Gasteiger partial charge < -0.3 is 25.2 Å². The van der Waals surface area contributed by atoms with Gasteiger partial charge in [-0.2, -0.15) is 0 Å². The maximum Gasteiger partial charge on any atom is 0.409 e. The van der Waals surface area contributed by atoms with Gasteiger partial charge in [-0.3, -0.25) is 0 Å². The van der Waals surface area contributed by atoms with E-state index in [1.54, 1.807) is 4.90 Å². The van der Waals surface area contributed by atoms with Gasteiger partial charge in [0.2, 0.25) is 0 Å². The summed E-state index contributed by atoms with van der Waals surface area (Å²) in [4.78, 5) is 13.8. The average Bonchev–Trinajstić information content (AvgIpc) is 3.24. The Bertz CT molecular complexity index is 783. The number of nitrogens with one attached hydrogen (secondary N) is 1. The average molecular weight is 372 g/mol. The molecule has 1 fully saturated rings. The van der Waals surface area contributed by atoms with Crippen LogP contribution in [0.2, 0.25) is 0 Å². The number of nitrogen functional groups attached to an aromatic ring is 1. The van der Waals surface area contributed by atoms with Crippen LogP contribution in [0.15, 0.2) is 22.7 Å². The molecule has 0 saturated carbocycles. The summed E-state index contributed by atoms with van der Waals surface area (Å²) in [6, 6.07) is 6.08. The number of anilines is 2. The first-order chi connectivity index (χ1) is 13.0. The SMILES string of the molecule is CCCCOC(=O)N1CCC(Nc2ccc(-c3c(C)noc3C)cc2N)C1. The van der Waals surface area contributed by atoms with E-state index in [0.29, 0.717) is 25.4 Å². The predicted molar refractivity (Wildman–Crippen MR) is 106 cm³/mol. The number of rotatable bonds is 6. The summed E-state index contributed by atoms with van der Waals surface area (Å²) < 4.78 is 10.5. The van der Waals surface area contributed by atoms with E-state index in [1.807, 2.05) is 32.0 Å². The van der Waals surface area contributed by atoms with E-state index in [4.69, 9.17) is 15.0 Å². The van der Waals surface area contributed by atoms with Crippen molar-refractivity contribution >= 4 is 17.5 Å². The van der Waals surface area contributed by atoms with Crippen LogP contribution in [0.5, 0.6) is 0 Å². The van der Waals surface area contributed by atoms with Gasteiger partial charge in [-0.1, -0.05) is 24.6 Å². The summed E-state index contributed by atoms with van der Waals surface area (Å²) >= 11 is 0. The molecule has 2 heterocycles. The Kier molecular flexibility index (Phi) is 5.88. The third kappa shape index (κ3) is 4.35. The highest BCUT2D eigenvalue weighted by Crippen LogP contribution is 2.32. The van der Waals surface area contributed by atoms with Crippen LogP contribution in [-0.2, 0) is 4.74 Å². The Hall–Kier alpha value is -2.70. The van der Waals surface area contributed by atoms with Crippen LogP contribution < -0.4 is 11.1 Å². The molecule has 1 atom stereocenters. The molecular weight excluding hydrogens is 344 g/mol. The van der Waals surface area contributed by atoms with Crippen LogP contribution in [-0.4, -0.2) is 41.9 Å². The highest BCUT2D eigenvalue weighted by atomic mass is 16.6. The molecular formula is C20H28N4O3. The Morgan fingerprint density at radius 1 is 1.44 bits per heavy atom. The molecule has 0 radical (unpaired) electrons. The van der Waals surface area contributed by atoms with Gasteiger partial charge in [0.1, 0.15) is 5.76 Å². The Balaban J connectivity index is 1.61. The van der Waals surface area contributed by atoms with E-state index in [9.17, 15) is 4.79 Å². The molecule has 1 saturated heterocycles. The van der Waals surface area contributed by atoms with Crippen molar-refractivity contribution in [1.29, 1.82) is 0 Å². The van der Waals surface area contributed by atoms with Gasteiger partial charge in [-0.05, 0) is 44.4 Å². The second kappa shape index (κ2) is 8.33. The third-order valence-corrected chi connectivity index (χ3v) is 4.90. The molecule has 7 heteroatoms. The van der Waals surface area contributed by atoms with E-state index in [2.05, 4.69) is 17.4 Å². The van der Waals surface area contributed by atoms with Gasteiger partial charge in [0.15, 0.2) is 0 Å². The van der Waals surface area contributed by atoms with Crippen molar-refractivity contribution in [3.63, 3.8) is 0 Å². The van der Waals surface area contributed by atoms with Crippen LogP contribution in [0.4, 0.5) is 16.2 Å². The summed E-state index contributed by atoms with van der Waals surface area (Å²) in [6.45, 7) is 7.69. The Morgan fingerprint density at radius 3 is 2.93 bits per heavy atom. The van der Waals surface area contributed by atoms with Crippen LogP contribution in [0, 0.1) is 13.8 Å². The zero-order valence-corrected chi connectivity index (χ0v) is 16.2. The van der Waals surface area contributed by atoms with Gasteiger partial charge in [-0.15, -0.1) is 0 Å². The van der Waals surface area contributed by atoms with Crippen LogP contribution in [0.1, 0.15) is 37.6 Å². The lowest BCUT2D eigenvalue weighted by atomic mass is 10.0. The second-order valence-corrected chi connectivity index (χ2v) is 7.05. The molecule has 146 valence electrons. The summed E-state index contributed by atoms with van der Waals surface area (Å²) in [5.41, 5.74) is 10.6. The van der Waals surface area contributed by atoms with E-state index < -0.39 is 0 Å². The maximum absolute atomic E-state index is 12.1. The molecule has 0 spiro atoms. The molecule has 1 unspecified atom stereocenters. The van der Waals surface area contributed by atoms with Gasteiger partial charge in [0, 0.05) is 24.7 Å². The molecule has 2 aromatic rings. The number of aryl methyl sites for hydroxylation is 2. The first kappa shape index (κ1) is 19.1. The quantitative estimate of drug-likeness (QED) is 0.589. The molecule has 3 N–H and O–H groups in total. The lowest BCUT2D eigenvalue weighted by Gasteiger charge is -2.18. The number of carbonyl (C=O) groups excluding carboxylic acids is 1. The normalized spacial score (nSPS) is 16.6. The van der Waals surface area contributed by atoms with Crippen molar-refractivity contribution in [1.82, 2.24) is 10.1 Å². The number of likely N-dealkylation sites (tertiary alicyclic amines) is 1. The molecule has 3 rings (SSSR count). The van der Waals surface area contributed by atoms with E-state index in [1.165, 1.54) is 0 Å². The number of aromatic nitrogens is 1. The fourth-order valence-electron chi connectivity index (χ4n) is 3.40. The van der Waals surface area contributed by atoms with Crippen LogP contribution in [0.25, 0.3) is 11.1 Å². The minimum absolute atomic E-state index is 0.163. The lowest BCUT2D eigenvalue weighted by molar-refractivity contribution is 0.109. The maximum atomic E-state index is 12.1. The minimum atomic E-state index is -0.227. The van der Waals surface area contributed by atoms with E-state index in [-0.39, 0.29) is 12.1 Å². The third-order valence-electron chi connectivity index (χ3n) is 4.90. The van der Waals surface area contributed by atoms with Crippen molar-refractivity contribution in [3.8, 4) is 11.1 Å². The number of nitrogens with two attached hydrogens (primary N) is 1. The van der Waals surface area contributed by atoms with Gasteiger partial charge >= 0.3 is 6.09 Å². The van der Waals surface area contributed by atoms with Crippen LogP contribution >= 0.6 is 0 Å². The first-order valence-electron chi connectivity index (χ1n) is 9.50. The minimum Gasteiger partial charge on any atom is -0.449 e. The molecule has 0 bridgehead atoms. The number of ether oxygens (including phenoxy) is 1. The fraction of sp³-hybridized carbons (Fsp3) is 0.500. The summed E-state index contributed by atoms with van der Waals surface area (Å²) in [5.74, 6) is 0.778. The van der Waals surface area contributed by atoms with Crippen molar-refractivity contribution in [3.05, 3.63) is 29.7 Å². The molecule has 1 aromatic carbocycles. The van der Waals surface area contributed by atoms with E-state index >= 15 is 0 Å². The zero-order chi connectivity index (χ0) is 19.4. The lowest BCUT2D eigenvalue weighted by Crippen LogP contribution is -2.32. The summed E-state index contributed by atoms with van der Waals surface area (Å²) in [6.07, 6.45) is 2.55. The number of amides is 1. The number of hydrogen-bond acceptors (Lipinski definition) is 6. The van der Waals surface area contributed by atoms with Crippen molar-refractivity contribution in [2.24, 2.45) is 0 Å². The van der Waals surface area contributed by atoms with Crippen molar-refractivity contribution < 1.29 is 14.1 Å². The van der Waals surface area contributed by atoms with Gasteiger partial charge in [0.25, 0.3) is 0 Å². The standard InChI is InChI=1S/C20H28N4O3/c1-4-5-10-26-20(25)24-9-8-16(12-24)22-18-7-6-15(11-17(18)21)19-13(2)23-27-14(19)3/h6-7,11,16,22H,4-5,8-10,12,21H2,1-3H3. The number of nitrogens with zero attached hydrogens (tertiary/aromatic N) is 2. The van der Waals surface area contributed by atoms with Gasteiger partial charge in [0.05, 0.1) is 23.7 Å². The Morgan fingerprint density at radius 2 is 2.26 bits per heavy atom. The number of benzene rings is 1. The molecule has 1 aliphatic rings. The van der Waals surface area contributed by atoms with Crippen molar-refractivity contribution in [2.45, 2.75) is 46.1 Å². The molecule has 0 aliphatic carbocycles. The Labute approximate surface area is 159 Å². The predicted octanol–water partition coefficient (Wildman–Crippen LogP) is 3.96. The molecule has 7 nitrogen and oxygen atoms in total. The highest BCUT2D eigenvalue weighted by molar-refractivity contribution is 5.78. The summed E-state index contributed by atoms with van der Waals surface area (Å²) in [5, 5.41) is 7.45. The second-order valence-electron chi connectivity index (χ2n) is 7.05. The molecule has 1 amide bonds. The number of hydrogen-bond donors (Lipinski definition) is 2. The molecule has 1 aliphatic heterocycles. The zero-order valence-electron chi connectivity index (χ0n) is 16.2. The smallest absolute Gasteiger partial charge is 0.409 e. The molecule has 27 heavy (non-hydrogen) atoms. The van der Waals surface area contributed by atoms with Crippen molar-refractivity contribution in [2.75, 3.05) is 30.7 Å². The van der Waals surface area contributed by atoms with Gasteiger partial charge in [-0.25, -0.2) is 4.79 Å².